The van der Waals surface area contributed by atoms with E-state index in [0.29, 0.717) is 17.9 Å². The lowest BCUT2D eigenvalue weighted by molar-refractivity contribution is -0.680. The van der Waals surface area contributed by atoms with Crippen LogP contribution in [0.2, 0.25) is 0 Å². The molecular weight excluding hydrogens is 374 g/mol. The van der Waals surface area contributed by atoms with Crippen molar-refractivity contribution < 1.29 is 9.36 Å². The summed E-state index contributed by atoms with van der Waals surface area (Å²) in [5.41, 5.74) is 2.99. The highest BCUT2D eigenvalue weighted by Gasteiger charge is 2.38. The predicted octanol–water partition coefficient (Wildman–Crippen LogP) is 3.80. The summed E-state index contributed by atoms with van der Waals surface area (Å²) < 4.78 is 3.61. The van der Waals surface area contributed by atoms with E-state index in [1.54, 1.807) is 4.57 Å². The molecule has 2 heterocycles. The lowest BCUT2D eigenvalue weighted by Gasteiger charge is -2.14. The van der Waals surface area contributed by atoms with Gasteiger partial charge in [0.2, 0.25) is 0 Å². The third kappa shape index (κ3) is 2.77. The van der Waals surface area contributed by atoms with Gasteiger partial charge in [0.05, 0.1) is 11.3 Å². The summed E-state index contributed by atoms with van der Waals surface area (Å²) in [5, 5.41) is 2.14. The van der Waals surface area contributed by atoms with Gasteiger partial charge in [0.25, 0.3) is 0 Å². The van der Waals surface area contributed by atoms with Crippen molar-refractivity contribution in [3.8, 4) is 0 Å². The number of aliphatic imine (C=N–C) groups is 1. The fraction of sp³-hybridized carbons (Fsp3) is 0.200. The molecule has 0 saturated heterocycles. The highest BCUT2D eigenvalue weighted by molar-refractivity contribution is 6.03. The monoisotopic (exact) mass is 396 g/mol. The van der Waals surface area contributed by atoms with Crippen LogP contribution in [0.5, 0.6) is 0 Å². The molecule has 30 heavy (non-hydrogen) atoms. The molecule has 148 valence electrons. The van der Waals surface area contributed by atoms with Crippen molar-refractivity contribution in [2.45, 2.75) is 32.9 Å². The van der Waals surface area contributed by atoms with Crippen molar-refractivity contribution in [2.75, 3.05) is 0 Å². The van der Waals surface area contributed by atoms with Gasteiger partial charge in [-0.1, -0.05) is 60.5 Å². The minimum absolute atomic E-state index is 0.00138. The first-order valence-electron chi connectivity index (χ1n) is 10.2. The molecule has 2 aromatic carbocycles. The number of nitrogens with zero attached hydrogens (tertiary/aromatic N) is 3. The summed E-state index contributed by atoms with van der Waals surface area (Å²) in [7, 11) is 0. The molecule has 1 aliphatic carbocycles. The van der Waals surface area contributed by atoms with E-state index in [1.165, 1.54) is 0 Å². The number of allylic oxidation sites excluding steroid dienone is 4. The van der Waals surface area contributed by atoms with E-state index in [2.05, 4.69) is 0 Å². The van der Waals surface area contributed by atoms with E-state index in [0.717, 1.165) is 27.7 Å². The Balaban J connectivity index is 1.62. The SMILES string of the molecule is CCc1c(C)[n+](CC(=O)c2ccc3ccccc3c2)c2n(c1=O)C1C=CC=CC1=N2. The molecular formula is C25H22N3O2+. The van der Waals surface area contributed by atoms with Crippen LogP contribution in [0.4, 0.5) is 5.95 Å². The van der Waals surface area contributed by atoms with E-state index < -0.39 is 0 Å². The average Bonchev–Trinajstić information content (AvgIpc) is 3.16. The first-order chi connectivity index (χ1) is 14.6. The molecule has 3 aromatic rings. The van der Waals surface area contributed by atoms with E-state index in [9.17, 15) is 9.59 Å². The van der Waals surface area contributed by atoms with E-state index in [1.807, 2.05) is 85.2 Å². The molecule has 1 aromatic heterocycles. The Morgan fingerprint density at radius 1 is 1.13 bits per heavy atom. The van der Waals surface area contributed by atoms with E-state index >= 15 is 0 Å². The van der Waals surface area contributed by atoms with Crippen LogP contribution in [-0.4, -0.2) is 16.1 Å². The van der Waals surface area contributed by atoms with Crippen LogP contribution in [0, 0.1) is 6.92 Å². The Bertz CT molecular complexity index is 1360. The number of carbonyl (C=O) groups is 1. The van der Waals surface area contributed by atoms with E-state index in [4.69, 9.17) is 4.99 Å². The van der Waals surface area contributed by atoms with Crippen LogP contribution >= 0.6 is 0 Å². The van der Waals surface area contributed by atoms with Crippen molar-refractivity contribution in [3.05, 3.63) is 93.9 Å². The summed E-state index contributed by atoms with van der Waals surface area (Å²) >= 11 is 0. The number of hydrogen-bond acceptors (Lipinski definition) is 3. The minimum atomic E-state index is -0.203. The molecule has 5 heteroatoms. The first-order valence-corrected chi connectivity index (χ1v) is 10.2. The fourth-order valence-corrected chi connectivity index (χ4v) is 4.35. The van der Waals surface area contributed by atoms with Crippen molar-refractivity contribution in [1.82, 2.24) is 4.57 Å². The molecule has 0 bridgehead atoms. The molecule has 5 nitrogen and oxygen atoms in total. The van der Waals surface area contributed by atoms with Crippen LogP contribution in [-0.2, 0) is 13.0 Å². The van der Waals surface area contributed by atoms with Crippen molar-refractivity contribution in [2.24, 2.45) is 4.99 Å². The number of aromatic nitrogens is 2. The fourth-order valence-electron chi connectivity index (χ4n) is 4.35. The second kappa shape index (κ2) is 7.02. The lowest BCUT2D eigenvalue weighted by Crippen LogP contribution is -2.47. The molecule has 0 spiro atoms. The minimum Gasteiger partial charge on any atom is -0.291 e. The zero-order valence-electron chi connectivity index (χ0n) is 17.0. The molecule has 0 amide bonds. The van der Waals surface area contributed by atoms with Crippen molar-refractivity contribution in [3.63, 3.8) is 0 Å². The first kappa shape index (κ1) is 18.4. The zero-order chi connectivity index (χ0) is 20.8. The largest absolute Gasteiger partial charge is 0.403 e. The maximum Gasteiger partial charge on any atom is 0.403 e. The van der Waals surface area contributed by atoms with Gasteiger partial charge in [0.15, 0.2) is 17.5 Å². The van der Waals surface area contributed by atoms with Gasteiger partial charge in [-0.25, -0.2) is 4.57 Å². The molecule has 0 saturated carbocycles. The Kier molecular flexibility index (Phi) is 4.31. The molecule has 2 aliphatic rings. The van der Waals surface area contributed by atoms with Gasteiger partial charge in [-0.3, -0.25) is 9.59 Å². The maximum atomic E-state index is 13.2. The summed E-state index contributed by atoms with van der Waals surface area (Å²) in [5.74, 6) is 0.540. The maximum absolute atomic E-state index is 13.2. The number of hydrogen-bond donors (Lipinski definition) is 0. The number of Topliss-reactive ketones (excluding diaryl/α,β-unsaturated/α-hetero) is 1. The van der Waals surface area contributed by atoms with Crippen molar-refractivity contribution >= 4 is 28.2 Å². The standard InChI is InChI=1S/C25H22N3O2/c1-3-20-16(2)27(25-26-21-10-6-7-11-22(21)28(25)24(20)30)15-23(29)19-13-12-17-8-4-5-9-18(17)14-19/h4-14,22H,3,15H2,1-2H3/q+1. The molecule has 5 rings (SSSR count). The Morgan fingerprint density at radius 3 is 2.73 bits per heavy atom. The number of benzene rings is 2. The Labute approximate surface area is 174 Å². The molecule has 0 N–H and O–H groups in total. The van der Waals surface area contributed by atoms with Crippen molar-refractivity contribution in [1.29, 1.82) is 0 Å². The number of fused-ring (bicyclic) bond motifs is 4. The smallest absolute Gasteiger partial charge is 0.291 e. The second-order valence-corrected chi connectivity index (χ2v) is 7.69. The van der Waals surface area contributed by atoms with Crippen LogP contribution in [0.1, 0.15) is 34.6 Å². The second-order valence-electron chi connectivity index (χ2n) is 7.69. The summed E-state index contributed by atoms with van der Waals surface area (Å²) in [6.45, 7) is 4.02. The zero-order valence-corrected chi connectivity index (χ0v) is 17.0. The third-order valence-corrected chi connectivity index (χ3v) is 5.98. The predicted molar refractivity (Wildman–Crippen MR) is 118 cm³/mol. The average molecular weight is 396 g/mol. The number of carbonyl (C=O) groups excluding carboxylic acids is 1. The molecule has 1 atom stereocenters. The molecule has 1 unspecified atom stereocenters. The highest BCUT2D eigenvalue weighted by atomic mass is 16.1. The van der Waals surface area contributed by atoms with Gasteiger partial charge in [-0.15, -0.1) is 0 Å². The molecule has 1 aliphatic heterocycles. The summed E-state index contributed by atoms with van der Waals surface area (Å²) in [4.78, 5) is 31.1. The van der Waals surface area contributed by atoms with Gasteiger partial charge in [-0.05, 0) is 42.3 Å². The van der Waals surface area contributed by atoms with Crippen LogP contribution < -0.4 is 10.1 Å². The van der Waals surface area contributed by atoms with Gasteiger partial charge in [-0.2, -0.15) is 4.57 Å². The van der Waals surface area contributed by atoms with Gasteiger partial charge < -0.3 is 0 Å². The van der Waals surface area contributed by atoms with Crippen LogP contribution in [0.15, 0.2) is 76.6 Å². The van der Waals surface area contributed by atoms with Gasteiger partial charge in [0.1, 0.15) is 6.54 Å². The summed E-state index contributed by atoms with van der Waals surface area (Å²) in [6, 6.07) is 13.6. The van der Waals surface area contributed by atoms with E-state index in [-0.39, 0.29) is 23.9 Å². The van der Waals surface area contributed by atoms with Crippen LogP contribution in [0.25, 0.3) is 10.8 Å². The van der Waals surface area contributed by atoms with Gasteiger partial charge in [0, 0.05) is 5.56 Å². The normalized spacial score (nSPS) is 16.5. The summed E-state index contributed by atoms with van der Waals surface area (Å²) in [6.07, 6.45) is 8.36. The Morgan fingerprint density at radius 2 is 1.93 bits per heavy atom. The highest BCUT2D eigenvalue weighted by Crippen LogP contribution is 2.28. The number of ketones is 1. The molecule has 0 fully saturated rings. The third-order valence-electron chi connectivity index (χ3n) is 5.98. The Hall–Kier alpha value is -3.60. The molecule has 0 radical (unpaired) electrons. The quantitative estimate of drug-likeness (QED) is 0.498. The van der Waals surface area contributed by atoms with Gasteiger partial charge >= 0.3 is 11.5 Å². The number of rotatable bonds is 4. The topological polar surface area (TPSA) is 55.3 Å². The van der Waals surface area contributed by atoms with Crippen LogP contribution in [0.3, 0.4) is 0 Å². The lowest BCUT2D eigenvalue weighted by atomic mass is 10.0.